The first-order valence-electron chi connectivity index (χ1n) is 6.54. The van der Waals surface area contributed by atoms with Crippen LogP contribution in [0.1, 0.15) is 17.5 Å². The molecule has 1 unspecified atom stereocenters. The van der Waals surface area contributed by atoms with Crippen LogP contribution in [0.25, 0.3) is 11.6 Å². The second-order valence-electron chi connectivity index (χ2n) is 4.75. The molecule has 0 radical (unpaired) electrons. The van der Waals surface area contributed by atoms with E-state index in [1.54, 1.807) is 12.3 Å². The van der Waals surface area contributed by atoms with E-state index in [0.717, 1.165) is 11.3 Å². The summed E-state index contributed by atoms with van der Waals surface area (Å²) < 4.78 is 11.0. The Kier molecular flexibility index (Phi) is 2.60. The molecule has 21 heavy (non-hydrogen) atoms. The lowest BCUT2D eigenvalue weighted by molar-refractivity contribution is 0.221. The highest BCUT2D eigenvalue weighted by Gasteiger charge is 2.28. The highest BCUT2D eigenvalue weighted by atomic mass is 16.5. The van der Waals surface area contributed by atoms with Gasteiger partial charge in [0.2, 0.25) is 5.82 Å². The average molecular weight is 281 g/mol. The van der Waals surface area contributed by atoms with Crippen molar-refractivity contribution >= 4 is 0 Å². The van der Waals surface area contributed by atoms with E-state index < -0.39 is 0 Å². The molecule has 0 spiro atoms. The molecule has 6 heteroatoms. The Hall–Kier alpha value is -2.89. The van der Waals surface area contributed by atoms with Gasteiger partial charge >= 0.3 is 0 Å². The van der Waals surface area contributed by atoms with Crippen LogP contribution in [0.5, 0.6) is 11.5 Å². The van der Waals surface area contributed by atoms with E-state index in [4.69, 9.17) is 9.26 Å². The van der Waals surface area contributed by atoms with Gasteiger partial charge in [0.1, 0.15) is 11.5 Å². The third-order valence-corrected chi connectivity index (χ3v) is 3.37. The molecule has 0 amide bonds. The summed E-state index contributed by atoms with van der Waals surface area (Å²) in [7, 11) is 0. The van der Waals surface area contributed by atoms with Crippen LogP contribution < -0.4 is 4.74 Å². The fraction of sp³-hybridized carbons (Fsp3) is 0.133. The smallest absolute Gasteiger partial charge is 0.280 e. The van der Waals surface area contributed by atoms with E-state index in [1.807, 2.05) is 24.3 Å². The minimum Gasteiger partial charge on any atom is -0.505 e. The topological polar surface area (TPSA) is 81.3 Å². The van der Waals surface area contributed by atoms with Crippen molar-refractivity contribution < 1.29 is 14.4 Å². The van der Waals surface area contributed by atoms with Gasteiger partial charge in [-0.3, -0.25) is 0 Å². The van der Waals surface area contributed by atoms with Gasteiger partial charge < -0.3 is 14.4 Å². The maximum Gasteiger partial charge on any atom is 0.280 e. The molecule has 3 aromatic rings. The molecule has 4 rings (SSSR count). The first-order chi connectivity index (χ1) is 10.3. The first-order valence-corrected chi connectivity index (χ1v) is 6.54. The minimum absolute atomic E-state index is 0.00308. The average Bonchev–Trinajstić information content (AvgIpc) is 3.14. The third kappa shape index (κ3) is 2.01. The fourth-order valence-electron chi connectivity index (χ4n) is 2.35. The van der Waals surface area contributed by atoms with Gasteiger partial charge in [0.05, 0.1) is 0 Å². The summed E-state index contributed by atoms with van der Waals surface area (Å²) in [6.45, 7) is 0. The number of aromatic hydroxyl groups is 1. The van der Waals surface area contributed by atoms with Gasteiger partial charge in [0, 0.05) is 12.6 Å². The van der Waals surface area contributed by atoms with Crippen LogP contribution in [-0.4, -0.2) is 20.2 Å². The molecule has 2 aromatic heterocycles. The van der Waals surface area contributed by atoms with Crippen LogP contribution in [0.2, 0.25) is 0 Å². The summed E-state index contributed by atoms with van der Waals surface area (Å²) >= 11 is 0. The SMILES string of the molecule is Oc1cccnc1-c1nc(C2Cc3ccccc3O2)no1. The molecule has 1 atom stereocenters. The molecule has 1 N–H and O–H groups in total. The summed E-state index contributed by atoms with van der Waals surface area (Å²) in [5.41, 5.74) is 1.39. The molecule has 1 aliphatic heterocycles. The number of para-hydroxylation sites is 1. The Morgan fingerprint density at radius 1 is 1.14 bits per heavy atom. The largest absolute Gasteiger partial charge is 0.505 e. The van der Waals surface area contributed by atoms with E-state index in [1.165, 1.54) is 6.07 Å². The number of aromatic nitrogens is 3. The number of hydrogen-bond acceptors (Lipinski definition) is 6. The van der Waals surface area contributed by atoms with Crippen molar-refractivity contribution in [3.63, 3.8) is 0 Å². The number of hydrogen-bond donors (Lipinski definition) is 1. The Morgan fingerprint density at radius 2 is 2.05 bits per heavy atom. The fourth-order valence-corrected chi connectivity index (χ4v) is 2.35. The van der Waals surface area contributed by atoms with Gasteiger partial charge in [0.25, 0.3) is 5.89 Å². The Labute approximate surface area is 120 Å². The van der Waals surface area contributed by atoms with E-state index in [9.17, 15) is 5.11 Å². The van der Waals surface area contributed by atoms with E-state index in [-0.39, 0.29) is 23.4 Å². The quantitative estimate of drug-likeness (QED) is 0.777. The van der Waals surface area contributed by atoms with Gasteiger partial charge in [-0.1, -0.05) is 23.4 Å². The van der Waals surface area contributed by atoms with Gasteiger partial charge in [0.15, 0.2) is 11.8 Å². The van der Waals surface area contributed by atoms with Crippen LogP contribution in [0.15, 0.2) is 47.1 Å². The Bertz CT molecular complexity index is 775. The zero-order chi connectivity index (χ0) is 14.2. The van der Waals surface area contributed by atoms with E-state index in [2.05, 4.69) is 15.1 Å². The number of rotatable bonds is 2. The van der Waals surface area contributed by atoms with Crippen LogP contribution in [-0.2, 0) is 6.42 Å². The van der Waals surface area contributed by atoms with Crippen molar-refractivity contribution in [2.45, 2.75) is 12.5 Å². The lowest BCUT2D eigenvalue weighted by Crippen LogP contribution is -2.05. The Balaban J connectivity index is 1.63. The molecule has 104 valence electrons. The first kappa shape index (κ1) is 11.9. The lowest BCUT2D eigenvalue weighted by Gasteiger charge is -2.04. The number of benzene rings is 1. The third-order valence-electron chi connectivity index (χ3n) is 3.37. The minimum atomic E-state index is -0.272. The summed E-state index contributed by atoms with van der Waals surface area (Å²) in [5, 5.41) is 13.7. The zero-order valence-corrected chi connectivity index (χ0v) is 10.9. The normalized spacial score (nSPS) is 16.5. The molecular formula is C15H11N3O3. The molecule has 0 saturated heterocycles. The number of pyridine rings is 1. The van der Waals surface area contributed by atoms with Crippen molar-refractivity contribution in [1.29, 1.82) is 0 Å². The van der Waals surface area contributed by atoms with Crippen molar-refractivity contribution in [2.75, 3.05) is 0 Å². The number of nitrogens with zero attached hydrogens (tertiary/aromatic N) is 3. The van der Waals surface area contributed by atoms with Gasteiger partial charge in [-0.25, -0.2) is 4.98 Å². The molecule has 1 aromatic carbocycles. The molecule has 3 heterocycles. The van der Waals surface area contributed by atoms with E-state index >= 15 is 0 Å². The van der Waals surface area contributed by atoms with Crippen molar-refractivity contribution in [1.82, 2.24) is 15.1 Å². The summed E-state index contributed by atoms with van der Waals surface area (Å²) in [6.07, 6.45) is 1.98. The van der Waals surface area contributed by atoms with Crippen LogP contribution in [0.4, 0.5) is 0 Å². The second-order valence-corrected chi connectivity index (χ2v) is 4.75. The standard InChI is InChI=1S/C15H11N3O3/c19-10-5-3-7-16-13(10)15-17-14(18-21-15)12-8-9-4-1-2-6-11(9)20-12/h1-7,12,19H,8H2. The summed E-state index contributed by atoms with van der Waals surface area (Å²) in [6, 6.07) is 11.0. The molecule has 0 fully saturated rings. The second kappa shape index (κ2) is 4.59. The van der Waals surface area contributed by atoms with Crippen LogP contribution >= 0.6 is 0 Å². The number of ether oxygens (including phenoxy) is 1. The Morgan fingerprint density at radius 3 is 2.90 bits per heavy atom. The molecule has 6 nitrogen and oxygen atoms in total. The molecule has 1 aliphatic rings. The lowest BCUT2D eigenvalue weighted by atomic mass is 10.1. The van der Waals surface area contributed by atoms with Gasteiger partial charge in [-0.2, -0.15) is 4.98 Å². The molecule has 0 bridgehead atoms. The van der Waals surface area contributed by atoms with Gasteiger partial charge in [-0.15, -0.1) is 0 Å². The maximum absolute atomic E-state index is 9.76. The molecule has 0 aliphatic carbocycles. The summed E-state index contributed by atoms with van der Waals surface area (Å²) in [4.78, 5) is 8.32. The molecule has 0 saturated carbocycles. The predicted molar refractivity (Wildman–Crippen MR) is 72.7 cm³/mol. The van der Waals surface area contributed by atoms with E-state index in [0.29, 0.717) is 12.2 Å². The monoisotopic (exact) mass is 281 g/mol. The van der Waals surface area contributed by atoms with Crippen LogP contribution in [0, 0.1) is 0 Å². The summed E-state index contributed by atoms with van der Waals surface area (Å²) in [5.74, 6) is 1.48. The zero-order valence-electron chi connectivity index (χ0n) is 10.9. The van der Waals surface area contributed by atoms with Crippen molar-refractivity contribution in [3.05, 3.63) is 54.0 Å². The predicted octanol–water partition coefficient (Wildman–Crippen LogP) is 2.51. The van der Waals surface area contributed by atoms with Crippen molar-refractivity contribution in [2.24, 2.45) is 0 Å². The highest BCUT2D eigenvalue weighted by molar-refractivity contribution is 5.56. The maximum atomic E-state index is 9.76. The van der Waals surface area contributed by atoms with Crippen molar-refractivity contribution in [3.8, 4) is 23.1 Å². The number of fused-ring (bicyclic) bond motifs is 1. The highest BCUT2D eigenvalue weighted by Crippen LogP contribution is 2.36. The van der Waals surface area contributed by atoms with Gasteiger partial charge in [-0.05, 0) is 23.8 Å². The van der Waals surface area contributed by atoms with Crippen LogP contribution in [0.3, 0.4) is 0 Å². The molecular weight excluding hydrogens is 270 g/mol.